The Kier molecular flexibility index (Phi) is 12.8. The number of methoxy groups -OCH3 is 1. The van der Waals surface area contributed by atoms with E-state index in [-0.39, 0.29) is 37.4 Å². The maximum Gasteiger partial charge on any atom is 0.323 e. The Labute approximate surface area is 294 Å². The molecule has 5 rings (SSSR count). The minimum Gasteiger partial charge on any atom is -0.497 e. The zero-order chi connectivity index (χ0) is 35.6. The molecule has 12 nitrogen and oxygen atoms in total. The van der Waals surface area contributed by atoms with Gasteiger partial charge in [0.25, 0.3) is 5.91 Å². The first-order valence-corrected chi connectivity index (χ1v) is 17.3. The second-order valence-corrected chi connectivity index (χ2v) is 13.2. The minimum absolute atomic E-state index is 0.0636. The van der Waals surface area contributed by atoms with Gasteiger partial charge in [0.05, 0.1) is 37.5 Å². The molecule has 0 aromatic heterocycles. The lowest BCUT2D eigenvalue weighted by Crippen LogP contribution is -2.47. The molecule has 0 saturated carbocycles. The van der Waals surface area contributed by atoms with Crippen LogP contribution < -0.4 is 29.6 Å². The zero-order valence-electron chi connectivity index (χ0n) is 29.6. The summed E-state index contributed by atoms with van der Waals surface area (Å²) >= 11 is 0. The van der Waals surface area contributed by atoms with Crippen molar-refractivity contribution in [1.29, 1.82) is 0 Å². The number of aliphatic hydroxyl groups is 1. The fourth-order valence-electron chi connectivity index (χ4n) is 6.15. The number of aliphatic hydroxyl groups excluding tert-OH is 1. The van der Waals surface area contributed by atoms with Gasteiger partial charge in [-0.05, 0) is 88.2 Å². The fourth-order valence-corrected chi connectivity index (χ4v) is 6.15. The van der Waals surface area contributed by atoms with Crippen LogP contribution in [0.2, 0.25) is 0 Å². The van der Waals surface area contributed by atoms with Gasteiger partial charge < -0.3 is 44.3 Å². The number of hydrogen-bond donors (Lipinski definition) is 3. The summed E-state index contributed by atoms with van der Waals surface area (Å²) in [6.45, 7) is 8.14. The average molecular weight is 691 g/mol. The number of carbonyl (C=O) groups excluding carboxylic acids is 2. The third-order valence-corrected chi connectivity index (χ3v) is 9.04. The molecule has 270 valence electrons. The number of carbonyl (C=O) groups is 2. The molecule has 0 saturated heterocycles. The lowest BCUT2D eigenvalue weighted by atomic mass is 10.0. The summed E-state index contributed by atoms with van der Waals surface area (Å²) in [7, 11) is 3.72. The van der Waals surface area contributed by atoms with Gasteiger partial charge in [0.1, 0.15) is 11.5 Å². The van der Waals surface area contributed by atoms with Crippen LogP contribution in [0.3, 0.4) is 0 Å². The highest BCUT2D eigenvalue weighted by molar-refractivity contribution is 6.02. The molecule has 12 heteroatoms. The molecule has 0 aliphatic carbocycles. The molecule has 0 radical (unpaired) electrons. The van der Waals surface area contributed by atoms with Gasteiger partial charge in [-0.25, -0.2) is 4.79 Å². The van der Waals surface area contributed by atoms with Gasteiger partial charge in [0.2, 0.25) is 6.79 Å². The monoisotopic (exact) mass is 690 g/mol. The number of nitrogens with zero attached hydrogens (tertiary/aromatic N) is 2. The highest BCUT2D eigenvalue weighted by atomic mass is 16.7. The molecule has 2 heterocycles. The predicted molar refractivity (Wildman–Crippen MR) is 191 cm³/mol. The number of hydrogen-bond acceptors (Lipinski definition) is 9. The standard InChI is InChI=1S/C38H50N4O8/c1-25-20-42(26(2)23-43)37(44)32-18-29(39-38(45)40-30-12-16-34-35(19-30)49-24-48-34)11-15-33(32)50-27(3)8-6-7-17-47-36(25)22-41(4)21-28-9-13-31(46-5)14-10-28/h9-16,18-19,25-27,36,43H,6-8,17,20-24H2,1-5H3,(H2,39,40,45)/t25-,26+,27-,36-/m0/s1. The van der Waals surface area contributed by atoms with E-state index < -0.39 is 12.1 Å². The Morgan fingerprint density at radius 3 is 2.42 bits per heavy atom. The van der Waals surface area contributed by atoms with Gasteiger partial charge in [-0.3, -0.25) is 9.69 Å². The third-order valence-electron chi connectivity index (χ3n) is 9.04. The Balaban J connectivity index is 1.35. The molecule has 0 bridgehead atoms. The van der Waals surface area contributed by atoms with Crippen molar-refractivity contribution in [2.75, 3.05) is 57.9 Å². The number of fused-ring (bicyclic) bond motifs is 2. The quantitative estimate of drug-likeness (QED) is 0.248. The number of nitrogens with one attached hydrogen (secondary N) is 2. The van der Waals surface area contributed by atoms with Crippen LogP contribution in [0.15, 0.2) is 60.7 Å². The molecule has 3 N–H and O–H groups in total. The summed E-state index contributed by atoms with van der Waals surface area (Å²) in [5, 5.41) is 15.9. The normalized spacial score (nSPS) is 20.3. The second-order valence-electron chi connectivity index (χ2n) is 13.2. The Bertz CT molecular complexity index is 1590. The van der Waals surface area contributed by atoms with Crippen LogP contribution in [0.4, 0.5) is 16.2 Å². The van der Waals surface area contributed by atoms with E-state index >= 15 is 0 Å². The van der Waals surface area contributed by atoms with E-state index in [1.54, 1.807) is 48.4 Å². The second kappa shape index (κ2) is 17.4. The number of ether oxygens (including phenoxy) is 5. The van der Waals surface area contributed by atoms with Crippen LogP contribution in [-0.4, -0.2) is 92.3 Å². The first-order chi connectivity index (χ1) is 24.1. The zero-order valence-corrected chi connectivity index (χ0v) is 29.6. The molecular weight excluding hydrogens is 640 g/mol. The number of amides is 3. The van der Waals surface area contributed by atoms with Crippen molar-refractivity contribution in [3.8, 4) is 23.0 Å². The van der Waals surface area contributed by atoms with Gasteiger partial charge in [-0.1, -0.05) is 19.1 Å². The highest BCUT2D eigenvalue weighted by Gasteiger charge is 2.30. The van der Waals surface area contributed by atoms with Gasteiger partial charge in [0.15, 0.2) is 11.5 Å². The average Bonchev–Trinajstić information content (AvgIpc) is 3.58. The van der Waals surface area contributed by atoms with Crippen LogP contribution in [0.1, 0.15) is 56.0 Å². The summed E-state index contributed by atoms with van der Waals surface area (Å²) in [4.78, 5) is 31.4. The van der Waals surface area contributed by atoms with E-state index in [2.05, 4.69) is 41.6 Å². The molecule has 4 atom stereocenters. The van der Waals surface area contributed by atoms with Gasteiger partial charge in [-0.2, -0.15) is 0 Å². The van der Waals surface area contributed by atoms with E-state index in [1.165, 1.54) is 0 Å². The number of urea groups is 1. The molecule has 2 aliphatic rings. The Morgan fingerprint density at radius 1 is 1.00 bits per heavy atom. The number of likely N-dealkylation sites (N-methyl/N-ethyl adjacent to an activating group) is 1. The molecule has 3 amide bonds. The van der Waals surface area contributed by atoms with E-state index in [4.69, 9.17) is 23.7 Å². The van der Waals surface area contributed by atoms with Crippen LogP contribution in [0.25, 0.3) is 0 Å². The number of rotatable bonds is 9. The molecular formula is C38H50N4O8. The molecule has 3 aromatic carbocycles. The summed E-state index contributed by atoms with van der Waals surface area (Å²) in [6.07, 6.45) is 2.24. The first-order valence-electron chi connectivity index (χ1n) is 17.3. The van der Waals surface area contributed by atoms with E-state index in [0.717, 1.165) is 37.1 Å². The van der Waals surface area contributed by atoms with Gasteiger partial charge in [-0.15, -0.1) is 0 Å². The maximum atomic E-state index is 14.4. The predicted octanol–water partition coefficient (Wildman–Crippen LogP) is 6.00. The molecule has 0 spiro atoms. The summed E-state index contributed by atoms with van der Waals surface area (Å²) < 4.78 is 28.9. The molecule has 0 unspecified atom stereocenters. The lowest BCUT2D eigenvalue weighted by Gasteiger charge is -2.36. The van der Waals surface area contributed by atoms with Gasteiger partial charge >= 0.3 is 6.03 Å². The largest absolute Gasteiger partial charge is 0.497 e. The summed E-state index contributed by atoms with van der Waals surface area (Å²) in [5.41, 5.74) is 2.41. The van der Waals surface area contributed by atoms with Crippen molar-refractivity contribution in [3.05, 3.63) is 71.8 Å². The van der Waals surface area contributed by atoms with Gasteiger partial charge in [0, 0.05) is 49.6 Å². The Morgan fingerprint density at radius 2 is 1.70 bits per heavy atom. The number of anilines is 2. The van der Waals surface area contributed by atoms with Crippen molar-refractivity contribution in [1.82, 2.24) is 9.80 Å². The third kappa shape index (κ3) is 9.80. The van der Waals surface area contributed by atoms with Crippen molar-refractivity contribution in [2.45, 2.75) is 64.8 Å². The SMILES string of the molecule is COc1ccc(CN(C)C[C@@H]2OCCCC[C@H](C)Oc3ccc(NC(=O)Nc4ccc5c(c4)OCO5)cc3C(=O)N([C@H](C)CO)C[C@@H]2C)cc1. The number of benzene rings is 3. The van der Waals surface area contributed by atoms with E-state index in [0.29, 0.717) is 53.9 Å². The van der Waals surface area contributed by atoms with Crippen LogP contribution >= 0.6 is 0 Å². The highest BCUT2D eigenvalue weighted by Crippen LogP contribution is 2.34. The smallest absolute Gasteiger partial charge is 0.323 e. The Hall–Kier alpha value is -4.52. The van der Waals surface area contributed by atoms with E-state index in [9.17, 15) is 14.7 Å². The van der Waals surface area contributed by atoms with Crippen molar-refractivity contribution < 1.29 is 38.4 Å². The van der Waals surface area contributed by atoms with Crippen LogP contribution in [0, 0.1) is 5.92 Å². The first kappa shape index (κ1) is 36.8. The lowest BCUT2D eigenvalue weighted by molar-refractivity contribution is -0.0177. The summed E-state index contributed by atoms with van der Waals surface area (Å²) in [6, 6.07) is 17.3. The minimum atomic E-state index is -0.487. The molecule has 3 aromatic rings. The van der Waals surface area contributed by atoms with Crippen molar-refractivity contribution in [3.63, 3.8) is 0 Å². The van der Waals surface area contributed by atoms with E-state index in [1.807, 2.05) is 26.0 Å². The molecule has 2 aliphatic heterocycles. The molecule has 0 fully saturated rings. The fraction of sp³-hybridized carbons (Fsp3) is 0.474. The summed E-state index contributed by atoms with van der Waals surface area (Å²) in [5.74, 6) is 2.04. The van der Waals surface area contributed by atoms with Crippen molar-refractivity contribution >= 4 is 23.3 Å². The van der Waals surface area contributed by atoms with Crippen LogP contribution in [-0.2, 0) is 11.3 Å². The topological polar surface area (TPSA) is 131 Å². The van der Waals surface area contributed by atoms with Crippen molar-refractivity contribution in [2.24, 2.45) is 5.92 Å². The maximum absolute atomic E-state index is 14.4. The van der Waals surface area contributed by atoms with Crippen LogP contribution in [0.5, 0.6) is 23.0 Å². The molecule has 50 heavy (non-hydrogen) atoms.